The molecule has 0 aliphatic heterocycles. The van der Waals surface area contributed by atoms with Crippen molar-refractivity contribution < 1.29 is 9.53 Å². The lowest BCUT2D eigenvalue weighted by Crippen LogP contribution is -2.32. The second kappa shape index (κ2) is 10.4. The first kappa shape index (κ1) is 16.2. The topological polar surface area (TPSA) is 53.9 Å². The minimum atomic E-state index is -0.120. The Morgan fingerprint density at radius 2 is 2.11 bits per heavy atom. The van der Waals surface area contributed by atoms with E-state index in [0.29, 0.717) is 5.88 Å². The Bertz CT molecular complexity index is 322. The first-order valence-electron chi connectivity index (χ1n) is 6.10. The average Bonchev–Trinajstić information content (AvgIpc) is 2.39. The van der Waals surface area contributed by atoms with E-state index in [0.717, 1.165) is 12.8 Å². The number of methoxy groups -OCH3 is 1. The molecule has 5 nitrogen and oxygen atoms in total. The van der Waals surface area contributed by atoms with Crippen molar-refractivity contribution in [2.24, 2.45) is 5.10 Å². The summed E-state index contributed by atoms with van der Waals surface area (Å²) in [5, 5.41) is 8.29. The predicted molar refractivity (Wildman–Crippen MR) is 74.1 cm³/mol. The second-order valence-electron chi connectivity index (χ2n) is 3.48. The Morgan fingerprint density at radius 1 is 1.39 bits per heavy atom. The molecule has 0 heterocycles. The first-order valence-corrected chi connectivity index (χ1v) is 6.10. The third-order valence-corrected chi connectivity index (χ3v) is 2.05. The molecule has 0 bridgehead atoms. The maximum atomic E-state index is 11.4. The molecule has 0 spiro atoms. The maximum Gasteiger partial charge on any atom is 0.241 e. The van der Waals surface area contributed by atoms with Crippen molar-refractivity contribution in [3.8, 4) is 0 Å². The number of carbonyl (C=O) groups is 1. The number of nitrogens with zero attached hydrogens (tertiary/aromatic N) is 2. The number of nitrogens with one attached hydrogen (secondary N) is 1. The molecule has 0 saturated carbocycles. The van der Waals surface area contributed by atoms with Crippen LogP contribution in [0.4, 0.5) is 0 Å². The lowest BCUT2D eigenvalue weighted by molar-refractivity contribution is -0.121. The van der Waals surface area contributed by atoms with E-state index in [1.807, 2.05) is 26.0 Å². The highest BCUT2D eigenvalue weighted by atomic mass is 16.5. The summed E-state index contributed by atoms with van der Waals surface area (Å²) in [5.74, 6) is 0.415. The lowest BCUT2D eigenvalue weighted by atomic mass is 10.4. The number of ether oxygens (including phenoxy) is 1. The van der Waals surface area contributed by atoms with Crippen LogP contribution < -0.4 is 5.32 Å². The van der Waals surface area contributed by atoms with Crippen LogP contribution in [0.15, 0.2) is 29.2 Å². The van der Waals surface area contributed by atoms with Crippen LogP contribution in [-0.2, 0) is 9.53 Å². The molecule has 0 aliphatic rings. The van der Waals surface area contributed by atoms with Gasteiger partial charge in [-0.15, -0.1) is 0 Å². The predicted octanol–water partition coefficient (Wildman–Crippen LogP) is 1.88. The van der Waals surface area contributed by atoms with Crippen molar-refractivity contribution in [1.29, 1.82) is 0 Å². The second-order valence-corrected chi connectivity index (χ2v) is 3.48. The van der Waals surface area contributed by atoms with Gasteiger partial charge in [-0.3, -0.25) is 4.79 Å². The number of carbonyl (C=O) groups excluding carboxylic acids is 1. The SMILES string of the molecule is CC/C=C\C=C(/OC)N(CC(=O)NC)/N=C\CC. The number of allylic oxidation sites excluding steroid dienone is 3. The smallest absolute Gasteiger partial charge is 0.241 e. The van der Waals surface area contributed by atoms with Gasteiger partial charge in [-0.05, 0) is 18.9 Å². The normalized spacial score (nSPS) is 12.1. The number of amides is 1. The zero-order chi connectivity index (χ0) is 13.8. The monoisotopic (exact) mass is 253 g/mol. The van der Waals surface area contributed by atoms with E-state index >= 15 is 0 Å². The van der Waals surface area contributed by atoms with Crippen molar-refractivity contribution in [2.45, 2.75) is 26.7 Å². The van der Waals surface area contributed by atoms with Gasteiger partial charge >= 0.3 is 0 Å². The van der Waals surface area contributed by atoms with Crippen molar-refractivity contribution in [3.05, 3.63) is 24.1 Å². The molecule has 0 unspecified atom stereocenters. The van der Waals surface area contributed by atoms with E-state index in [-0.39, 0.29) is 12.5 Å². The molecule has 18 heavy (non-hydrogen) atoms. The van der Waals surface area contributed by atoms with Crippen LogP contribution in [0.2, 0.25) is 0 Å². The molecule has 0 aromatic rings. The fourth-order valence-electron chi connectivity index (χ4n) is 1.12. The van der Waals surface area contributed by atoms with Crippen molar-refractivity contribution in [2.75, 3.05) is 20.7 Å². The Morgan fingerprint density at radius 3 is 2.61 bits per heavy atom. The fraction of sp³-hybridized carbons (Fsp3) is 0.538. The highest BCUT2D eigenvalue weighted by Gasteiger charge is 2.11. The molecular weight excluding hydrogens is 230 g/mol. The van der Waals surface area contributed by atoms with Crippen LogP contribution in [0.1, 0.15) is 26.7 Å². The highest BCUT2D eigenvalue weighted by molar-refractivity contribution is 5.78. The largest absolute Gasteiger partial charge is 0.481 e. The van der Waals surface area contributed by atoms with Gasteiger partial charge in [0.15, 0.2) is 0 Å². The van der Waals surface area contributed by atoms with Crippen molar-refractivity contribution >= 4 is 12.1 Å². The van der Waals surface area contributed by atoms with Crippen LogP contribution >= 0.6 is 0 Å². The minimum Gasteiger partial charge on any atom is -0.481 e. The summed E-state index contributed by atoms with van der Waals surface area (Å²) in [6, 6.07) is 0. The third-order valence-electron chi connectivity index (χ3n) is 2.05. The standard InChI is InChI=1S/C13H23N3O2/c1-5-7-8-9-13(18-4)16(15-10-6-2)11-12(17)14-3/h7-10H,5-6,11H2,1-4H3,(H,14,17)/b8-7-,13-9-,15-10-. The van der Waals surface area contributed by atoms with Gasteiger partial charge in [-0.25, -0.2) is 5.01 Å². The number of hydrogen-bond donors (Lipinski definition) is 1. The van der Waals surface area contributed by atoms with Gasteiger partial charge in [0.2, 0.25) is 11.8 Å². The van der Waals surface area contributed by atoms with Gasteiger partial charge in [0.25, 0.3) is 0 Å². The summed E-state index contributed by atoms with van der Waals surface area (Å²) in [6.07, 6.45) is 9.16. The van der Waals surface area contributed by atoms with E-state index in [1.54, 1.807) is 26.4 Å². The van der Waals surface area contributed by atoms with Gasteiger partial charge in [-0.1, -0.05) is 26.0 Å². The molecule has 0 aromatic carbocycles. The third kappa shape index (κ3) is 6.73. The van der Waals surface area contributed by atoms with Crippen LogP contribution in [0.5, 0.6) is 0 Å². The molecule has 0 atom stereocenters. The Hall–Kier alpha value is -1.78. The van der Waals surface area contributed by atoms with E-state index in [1.165, 1.54) is 5.01 Å². The molecule has 1 N–H and O–H groups in total. The summed E-state index contributed by atoms with van der Waals surface area (Å²) in [7, 11) is 3.15. The van der Waals surface area contributed by atoms with E-state index in [2.05, 4.69) is 10.4 Å². The van der Waals surface area contributed by atoms with E-state index in [9.17, 15) is 4.79 Å². The summed E-state index contributed by atoms with van der Waals surface area (Å²) < 4.78 is 5.24. The molecule has 0 aromatic heterocycles. The number of likely N-dealkylation sites (N-methyl/N-ethyl adjacent to an activating group) is 1. The first-order chi connectivity index (χ1) is 8.69. The van der Waals surface area contributed by atoms with Gasteiger partial charge in [-0.2, -0.15) is 5.10 Å². The fourth-order valence-corrected chi connectivity index (χ4v) is 1.12. The molecule has 102 valence electrons. The number of rotatable bonds is 8. The summed E-state index contributed by atoms with van der Waals surface area (Å²) >= 11 is 0. The summed E-state index contributed by atoms with van der Waals surface area (Å²) in [5.41, 5.74) is 0. The van der Waals surface area contributed by atoms with Crippen LogP contribution in [0.3, 0.4) is 0 Å². The minimum absolute atomic E-state index is 0.120. The number of hydrazone groups is 1. The summed E-state index contributed by atoms with van der Waals surface area (Å²) in [4.78, 5) is 11.4. The zero-order valence-corrected chi connectivity index (χ0v) is 11.6. The van der Waals surface area contributed by atoms with Crippen LogP contribution in [-0.4, -0.2) is 37.8 Å². The molecule has 5 heteroatoms. The van der Waals surface area contributed by atoms with Gasteiger partial charge < -0.3 is 10.1 Å². The summed E-state index contributed by atoms with van der Waals surface area (Å²) in [6.45, 7) is 4.16. The molecule has 0 aliphatic carbocycles. The molecule has 1 amide bonds. The molecule has 0 rings (SSSR count). The maximum absolute atomic E-state index is 11.4. The quantitative estimate of drug-likeness (QED) is 0.311. The van der Waals surface area contributed by atoms with Gasteiger partial charge in [0.05, 0.1) is 7.11 Å². The van der Waals surface area contributed by atoms with Crippen LogP contribution in [0, 0.1) is 0 Å². The average molecular weight is 253 g/mol. The van der Waals surface area contributed by atoms with E-state index in [4.69, 9.17) is 4.74 Å². The number of hydrogen-bond acceptors (Lipinski definition) is 4. The molecule has 0 saturated heterocycles. The molecule has 0 fully saturated rings. The Labute approximate surface area is 109 Å². The molecule has 0 radical (unpaired) electrons. The Balaban J connectivity index is 4.88. The zero-order valence-electron chi connectivity index (χ0n) is 11.6. The Kier molecular flexibility index (Phi) is 9.35. The van der Waals surface area contributed by atoms with E-state index < -0.39 is 0 Å². The van der Waals surface area contributed by atoms with Gasteiger partial charge in [0.1, 0.15) is 6.54 Å². The lowest BCUT2D eigenvalue weighted by Gasteiger charge is -2.19. The van der Waals surface area contributed by atoms with Crippen LogP contribution in [0.25, 0.3) is 0 Å². The highest BCUT2D eigenvalue weighted by Crippen LogP contribution is 2.06. The molecular formula is C13H23N3O2. The van der Waals surface area contributed by atoms with Gasteiger partial charge in [0, 0.05) is 13.3 Å². The van der Waals surface area contributed by atoms with Crippen molar-refractivity contribution in [3.63, 3.8) is 0 Å². The van der Waals surface area contributed by atoms with Crippen molar-refractivity contribution in [1.82, 2.24) is 10.3 Å².